The highest BCUT2D eigenvalue weighted by atomic mass is 32.2. The van der Waals surface area contributed by atoms with Gasteiger partial charge < -0.3 is 21.3 Å². The first-order chi connectivity index (χ1) is 20.5. The van der Waals surface area contributed by atoms with Gasteiger partial charge in [0.1, 0.15) is 15.9 Å². The Morgan fingerprint density at radius 2 is 1.61 bits per heavy atom. The Balaban J connectivity index is 1.48. The first-order valence-electron chi connectivity index (χ1n) is 13.8. The first-order valence-corrected chi connectivity index (χ1v) is 17.1. The fourth-order valence-electron chi connectivity index (χ4n) is 4.79. The van der Waals surface area contributed by atoms with E-state index in [1.807, 2.05) is 0 Å². The van der Waals surface area contributed by atoms with E-state index in [0.29, 0.717) is 13.0 Å². The number of rotatable bonds is 17. The number of nitrogens with two attached hydrogens (primary N) is 1. The van der Waals surface area contributed by atoms with Crippen molar-refractivity contribution < 1.29 is 49.6 Å². The number of carbonyl (C=O) groups is 5. The molecule has 244 valence electrons. The summed E-state index contributed by atoms with van der Waals surface area (Å²) < 4.78 is 74.9. The summed E-state index contributed by atoms with van der Waals surface area (Å²) in [5.74, 6) is -4.17. The van der Waals surface area contributed by atoms with Gasteiger partial charge in [-0.1, -0.05) is 0 Å². The number of sulfonamides is 1. The molecule has 1 saturated carbocycles. The number of alkyl halides is 2. The molecule has 1 aliphatic heterocycles. The summed E-state index contributed by atoms with van der Waals surface area (Å²) in [6.45, 7) is -1.14. The quantitative estimate of drug-likeness (QED) is 0.120. The first kappa shape index (κ1) is 35.0. The number of nitrogens with one attached hydrogen (secondary N) is 3. The van der Waals surface area contributed by atoms with Crippen molar-refractivity contribution >= 4 is 49.3 Å². The van der Waals surface area contributed by atoms with E-state index >= 15 is 0 Å². The molecule has 5 N–H and O–H groups in total. The minimum absolute atomic E-state index is 0.0226. The lowest BCUT2D eigenvalue weighted by Gasteiger charge is -2.24. The molecule has 1 aromatic rings. The zero-order chi connectivity index (χ0) is 32.7. The van der Waals surface area contributed by atoms with Crippen molar-refractivity contribution in [1.82, 2.24) is 20.3 Å². The van der Waals surface area contributed by atoms with Crippen LogP contribution in [0.15, 0.2) is 29.2 Å². The number of hydrogen-bond donors (Lipinski definition) is 4. The molecule has 4 amide bonds. The van der Waals surface area contributed by atoms with Crippen LogP contribution < -0.4 is 21.1 Å². The predicted molar refractivity (Wildman–Crippen MR) is 151 cm³/mol. The van der Waals surface area contributed by atoms with E-state index in [-0.39, 0.29) is 53.2 Å². The van der Waals surface area contributed by atoms with Crippen LogP contribution in [0.2, 0.25) is 0 Å². The predicted octanol–water partition coefficient (Wildman–Crippen LogP) is -0.903. The summed E-state index contributed by atoms with van der Waals surface area (Å²) in [5.41, 5.74) is 4.69. The molecule has 0 unspecified atom stereocenters. The van der Waals surface area contributed by atoms with Crippen molar-refractivity contribution in [2.45, 2.75) is 55.9 Å². The van der Waals surface area contributed by atoms with Crippen molar-refractivity contribution in [2.24, 2.45) is 11.1 Å². The fraction of sp³-hybridized carbons (Fsp3) is 0.577. The van der Waals surface area contributed by atoms with Crippen LogP contribution in [0.1, 0.15) is 48.9 Å². The molecule has 1 aromatic carbocycles. The maximum absolute atomic E-state index is 13.0. The van der Waals surface area contributed by atoms with Gasteiger partial charge in [0.25, 0.3) is 18.2 Å². The summed E-state index contributed by atoms with van der Waals surface area (Å²) in [6.07, 6.45) is -0.973. The van der Waals surface area contributed by atoms with Gasteiger partial charge in [0.15, 0.2) is 0 Å². The number of likely N-dealkylation sites (tertiary alicyclic amines) is 1. The van der Waals surface area contributed by atoms with Crippen molar-refractivity contribution in [3.05, 3.63) is 29.8 Å². The van der Waals surface area contributed by atoms with Gasteiger partial charge in [-0.15, -0.1) is 0 Å². The number of ketones is 1. The highest BCUT2D eigenvalue weighted by Gasteiger charge is 2.55. The summed E-state index contributed by atoms with van der Waals surface area (Å²) in [7, 11) is -7.72. The lowest BCUT2D eigenvalue weighted by Crippen LogP contribution is -2.49. The largest absolute Gasteiger partial charge is 0.363 e. The van der Waals surface area contributed by atoms with E-state index in [4.69, 9.17) is 5.73 Å². The van der Waals surface area contributed by atoms with Gasteiger partial charge in [-0.3, -0.25) is 24.0 Å². The third-order valence-corrected chi connectivity index (χ3v) is 10.7. The van der Waals surface area contributed by atoms with Crippen molar-refractivity contribution in [3.63, 3.8) is 0 Å². The maximum atomic E-state index is 13.0. The van der Waals surface area contributed by atoms with Crippen LogP contribution in [-0.2, 0) is 39.0 Å². The molecule has 1 saturated heterocycles. The monoisotopic (exact) mass is 663 g/mol. The standard InChI is InChI=1S/C26H35F2N5O9S2/c27-21(28)14-32-44(41,42)18-6-4-17(5-7-18)24(37)31-15-22(35)33-16-26(8-9-26)13-19(33)25(38)30-10-2-12-43(39,40)11-1-3-20(34)23(29)36/h4-7,19,21,32H,1-3,8-16H2,(H2,29,36)(H,30,38)(H,31,37)/t19-/m0/s1. The van der Waals surface area contributed by atoms with Gasteiger partial charge in [-0.2, -0.15) is 0 Å². The van der Waals surface area contributed by atoms with Crippen LogP contribution in [0.5, 0.6) is 0 Å². The molecule has 14 nitrogen and oxygen atoms in total. The number of sulfone groups is 1. The van der Waals surface area contributed by atoms with Gasteiger partial charge in [0.2, 0.25) is 27.6 Å². The Kier molecular flexibility index (Phi) is 11.5. The van der Waals surface area contributed by atoms with E-state index in [1.54, 1.807) is 4.72 Å². The Morgan fingerprint density at radius 3 is 2.20 bits per heavy atom. The molecule has 0 bridgehead atoms. The molecule has 3 rings (SSSR count). The summed E-state index contributed by atoms with van der Waals surface area (Å²) in [5, 5.41) is 5.10. The SMILES string of the molecule is NC(=O)C(=O)CCCS(=O)(=O)CCCNC(=O)[C@@H]1CC2(CC2)CN1C(=O)CNC(=O)c1ccc(S(=O)(=O)NCC(F)F)cc1. The highest BCUT2D eigenvalue weighted by molar-refractivity contribution is 7.91. The molecular formula is C26H35F2N5O9S2. The molecule has 2 fully saturated rings. The number of primary amides is 1. The van der Waals surface area contributed by atoms with Gasteiger partial charge >= 0.3 is 0 Å². The normalized spacial score (nSPS) is 17.4. The second kappa shape index (κ2) is 14.5. The average molecular weight is 664 g/mol. The number of halogens is 2. The molecule has 1 atom stereocenters. The van der Waals surface area contributed by atoms with Crippen LogP contribution in [0, 0.1) is 5.41 Å². The third-order valence-electron chi connectivity index (χ3n) is 7.41. The molecule has 0 aromatic heterocycles. The second-order valence-electron chi connectivity index (χ2n) is 10.9. The molecule has 1 spiro atoms. The minimum atomic E-state index is -4.19. The van der Waals surface area contributed by atoms with E-state index in [0.717, 1.165) is 25.0 Å². The molecule has 18 heteroatoms. The van der Waals surface area contributed by atoms with Crippen molar-refractivity contribution in [3.8, 4) is 0 Å². The van der Waals surface area contributed by atoms with E-state index in [2.05, 4.69) is 10.6 Å². The Bertz CT molecular complexity index is 1480. The van der Waals surface area contributed by atoms with Crippen molar-refractivity contribution in [2.75, 3.05) is 37.7 Å². The number of hydrogen-bond acceptors (Lipinski definition) is 9. The highest BCUT2D eigenvalue weighted by Crippen LogP contribution is 2.54. The van der Waals surface area contributed by atoms with E-state index < -0.39 is 74.8 Å². The van der Waals surface area contributed by atoms with Crippen LogP contribution >= 0.6 is 0 Å². The molecular weight excluding hydrogens is 628 g/mol. The molecule has 1 heterocycles. The number of amides is 4. The van der Waals surface area contributed by atoms with E-state index in [1.165, 1.54) is 17.0 Å². The van der Waals surface area contributed by atoms with Crippen LogP contribution in [-0.4, -0.2) is 101 Å². The summed E-state index contributed by atoms with van der Waals surface area (Å²) in [6, 6.07) is 3.67. The zero-order valence-corrected chi connectivity index (χ0v) is 25.4. The fourth-order valence-corrected chi connectivity index (χ4v) is 7.17. The lowest BCUT2D eigenvalue weighted by molar-refractivity contribution is -0.137. The third kappa shape index (κ3) is 10.0. The maximum Gasteiger partial charge on any atom is 0.284 e. The summed E-state index contributed by atoms with van der Waals surface area (Å²) in [4.78, 5) is 61.6. The topological polar surface area (TPSA) is 219 Å². The average Bonchev–Trinajstić information content (AvgIpc) is 3.61. The molecule has 2 aliphatic rings. The zero-order valence-electron chi connectivity index (χ0n) is 23.7. The number of carbonyl (C=O) groups excluding carboxylic acids is 5. The Morgan fingerprint density at radius 1 is 0.977 bits per heavy atom. The van der Waals surface area contributed by atoms with Gasteiger partial charge in [0, 0.05) is 25.1 Å². The Hall–Kier alpha value is -3.51. The minimum Gasteiger partial charge on any atom is -0.363 e. The molecule has 1 aliphatic carbocycles. The number of nitrogens with zero attached hydrogens (tertiary/aromatic N) is 1. The Labute approximate surface area is 253 Å². The lowest BCUT2D eigenvalue weighted by atomic mass is 10.0. The van der Waals surface area contributed by atoms with Gasteiger partial charge in [-0.05, 0) is 61.8 Å². The van der Waals surface area contributed by atoms with Gasteiger partial charge in [-0.25, -0.2) is 30.3 Å². The number of Topliss-reactive ketones (excluding diaryl/α,β-unsaturated/α-hetero) is 1. The van der Waals surface area contributed by atoms with Crippen LogP contribution in [0.4, 0.5) is 8.78 Å². The van der Waals surface area contributed by atoms with Crippen LogP contribution in [0.25, 0.3) is 0 Å². The van der Waals surface area contributed by atoms with Crippen molar-refractivity contribution in [1.29, 1.82) is 0 Å². The smallest absolute Gasteiger partial charge is 0.284 e. The molecule has 0 radical (unpaired) electrons. The summed E-state index contributed by atoms with van der Waals surface area (Å²) >= 11 is 0. The second-order valence-corrected chi connectivity index (χ2v) is 14.9. The van der Waals surface area contributed by atoms with Crippen LogP contribution in [0.3, 0.4) is 0 Å². The number of benzene rings is 1. The van der Waals surface area contributed by atoms with E-state index in [9.17, 15) is 49.6 Å². The van der Waals surface area contributed by atoms with Gasteiger partial charge in [0.05, 0.1) is 29.5 Å². The molecule has 44 heavy (non-hydrogen) atoms.